The number of hydrogen-bond acceptors (Lipinski definition) is 0. The summed E-state index contributed by atoms with van der Waals surface area (Å²) in [6, 6.07) is 0. The van der Waals surface area contributed by atoms with Gasteiger partial charge in [-0.05, 0) is 12.5 Å². The Bertz CT molecular complexity index is 141. The number of allylic oxidation sites excluding steroid dienone is 1. The molecule has 14 heavy (non-hydrogen) atoms. The van der Waals surface area contributed by atoms with Gasteiger partial charge in [-0.15, -0.1) is 0 Å². The van der Waals surface area contributed by atoms with Crippen molar-refractivity contribution in [1.29, 1.82) is 0 Å². The van der Waals surface area contributed by atoms with Crippen molar-refractivity contribution >= 4 is 0 Å². The lowest BCUT2D eigenvalue weighted by Gasteiger charge is -2.10. The Labute approximate surface area is 86.4 Å². The third-order valence-corrected chi connectivity index (χ3v) is 2.41. The lowest BCUT2D eigenvalue weighted by molar-refractivity contribution is 0.0431. The summed E-state index contributed by atoms with van der Waals surface area (Å²) < 4.78 is 25.3. The highest BCUT2D eigenvalue weighted by atomic mass is 19.3. The Hall–Kier alpha value is -0.400. The predicted molar refractivity (Wildman–Crippen MR) is 57.8 cm³/mol. The molecule has 0 heterocycles. The van der Waals surface area contributed by atoms with E-state index in [1.54, 1.807) is 0 Å². The topological polar surface area (TPSA) is 0 Å². The SMILES string of the molecule is C=CC(F)(F)CCCCCCCCC. The molecule has 0 amide bonds. The van der Waals surface area contributed by atoms with Gasteiger partial charge in [-0.1, -0.05) is 52.0 Å². The average Bonchev–Trinajstić information content (AvgIpc) is 2.16. The average molecular weight is 204 g/mol. The van der Waals surface area contributed by atoms with Crippen LogP contribution in [0.25, 0.3) is 0 Å². The molecule has 0 rings (SSSR count). The molecule has 0 saturated carbocycles. The highest BCUT2D eigenvalue weighted by Crippen LogP contribution is 2.22. The van der Waals surface area contributed by atoms with Crippen LogP contribution in [0.4, 0.5) is 8.78 Å². The van der Waals surface area contributed by atoms with Crippen LogP contribution in [0.15, 0.2) is 12.7 Å². The summed E-state index contributed by atoms with van der Waals surface area (Å²) in [4.78, 5) is 0. The van der Waals surface area contributed by atoms with Gasteiger partial charge in [-0.2, -0.15) is 0 Å². The van der Waals surface area contributed by atoms with Crippen LogP contribution in [0.1, 0.15) is 58.3 Å². The molecular formula is C12H22F2. The maximum absolute atomic E-state index is 12.7. The van der Waals surface area contributed by atoms with Gasteiger partial charge in [0.2, 0.25) is 0 Å². The number of unbranched alkanes of at least 4 members (excludes halogenated alkanes) is 6. The van der Waals surface area contributed by atoms with Gasteiger partial charge in [0.25, 0.3) is 5.92 Å². The van der Waals surface area contributed by atoms with E-state index >= 15 is 0 Å². The number of hydrogen-bond donors (Lipinski definition) is 0. The highest BCUT2D eigenvalue weighted by molar-refractivity contribution is 4.86. The molecular weight excluding hydrogens is 182 g/mol. The lowest BCUT2D eigenvalue weighted by Crippen LogP contribution is -2.10. The van der Waals surface area contributed by atoms with Crippen LogP contribution >= 0.6 is 0 Å². The number of halogens is 2. The molecule has 0 N–H and O–H groups in total. The number of rotatable bonds is 9. The van der Waals surface area contributed by atoms with E-state index in [1.807, 2.05) is 0 Å². The fraction of sp³-hybridized carbons (Fsp3) is 0.833. The third-order valence-electron chi connectivity index (χ3n) is 2.41. The molecule has 0 radical (unpaired) electrons. The minimum atomic E-state index is -2.65. The van der Waals surface area contributed by atoms with Crippen LogP contribution in [0.2, 0.25) is 0 Å². The van der Waals surface area contributed by atoms with Crippen molar-refractivity contribution in [3.63, 3.8) is 0 Å². The quantitative estimate of drug-likeness (QED) is 0.368. The molecule has 0 spiro atoms. The molecule has 0 aliphatic carbocycles. The van der Waals surface area contributed by atoms with Crippen molar-refractivity contribution in [3.8, 4) is 0 Å². The van der Waals surface area contributed by atoms with Crippen molar-refractivity contribution in [2.24, 2.45) is 0 Å². The van der Waals surface area contributed by atoms with E-state index in [9.17, 15) is 8.78 Å². The summed E-state index contributed by atoms with van der Waals surface area (Å²) in [6.45, 7) is 5.29. The van der Waals surface area contributed by atoms with Gasteiger partial charge < -0.3 is 0 Å². The fourth-order valence-corrected chi connectivity index (χ4v) is 1.42. The van der Waals surface area contributed by atoms with Crippen LogP contribution in [0.3, 0.4) is 0 Å². The van der Waals surface area contributed by atoms with Gasteiger partial charge in [0.05, 0.1) is 0 Å². The molecule has 0 aromatic rings. The second-order valence-electron chi connectivity index (χ2n) is 3.84. The van der Waals surface area contributed by atoms with Gasteiger partial charge in [0.15, 0.2) is 0 Å². The molecule has 0 nitrogen and oxygen atoms in total. The van der Waals surface area contributed by atoms with E-state index < -0.39 is 5.92 Å². The minimum Gasteiger partial charge on any atom is -0.202 e. The monoisotopic (exact) mass is 204 g/mol. The van der Waals surface area contributed by atoms with Gasteiger partial charge in [0.1, 0.15) is 0 Å². The Morgan fingerprint density at radius 1 is 1.00 bits per heavy atom. The minimum absolute atomic E-state index is 0.0374. The van der Waals surface area contributed by atoms with Gasteiger partial charge >= 0.3 is 0 Å². The predicted octanol–water partition coefficient (Wildman–Crippen LogP) is 4.95. The van der Waals surface area contributed by atoms with E-state index in [4.69, 9.17) is 0 Å². The maximum atomic E-state index is 12.7. The summed E-state index contributed by atoms with van der Waals surface area (Å²) >= 11 is 0. The van der Waals surface area contributed by atoms with E-state index in [0.717, 1.165) is 18.9 Å². The van der Waals surface area contributed by atoms with E-state index in [0.29, 0.717) is 6.42 Å². The maximum Gasteiger partial charge on any atom is 0.266 e. The van der Waals surface area contributed by atoms with E-state index in [-0.39, 0.29) is 6.42 Å². The number of alkyl halides is 2. The first-order valence-corrected chi connectivity index (χ1v) is 5.64. The Balaban J connectivity index is 3.17. The molecule has 0 unspecified atom stereocenters. The Kier molecular flexibility index (Phi) is 7.73. The van der Waals surface area contributed by atoms with Crippen LogP contribution in [0, 0.1) is 0 Å². The third kappa shape index (κ3) is 8.21. The van der Waals surface area contributed by atoms with Crippen molar-refractivity contribution in [1.82, 2.24) is 0 Å². The summed E-state index contributed by atoms with van der Waals surface area (Å²) in [7, 11) is 0. The van der Waals surface area contributed by atoms with Crippen LogP contribution in [-0.2, 0) is 0 Å². The molecule has 84 valence electrons. The molecule has 0 saturated heterocycles. The highest BCUT2D eigenvalue weighted by Gasteiger charge is 2.22. The summed E-state index contributed by atoms with van der Waals surface area (Å²) in [5, 5.41) is 0. The molecule has 0 aromatic carbocycles. The van der Waals surface area contributed by atoms with Crippen LogP contribution in [0.5, 0.6) is 0 Å². The van der Waals surface area contributed by atoms with Crippen LogP contribution in [-0.4, -0.2) is 5.92 Å². The van der Waals surface area contributed by atoms with Gasteiger partial charge in [-0.3, -0.25) is 0 Å². The first-order chi connectivity index (χ1) is 6.62. The first kappa shape index (κ1) is 13.6. The Morgan fingerprint density at radius 3 is 2.00 bits per heavy atom. The second kappa shape index (κ2) is 7.95. The molecule has 0 atom stereocenters. The Morgan fingerprint density at radius 2 is 1.50 bits per heavy atom. The van der Waals surface area contributed by atoms with Crippen molar-refractivity contribution < 1.29 is 8.78 Å². The fourth-order valence-electron chi connectivity index (χ4n) is 1.42. The van der Waals surface area contributed by atoms with Crippen molar-refractivity contribution in [2.75, 3.05) is 0 Å². The molecule has 0 fully saturated rings. The largest absolute Gasteiger partial charge is 0.266 e. The molecule has 0 bridgehead atoms. The first-order valence-electron chi connectivity index (χ1n) is 5.64. The molecule has 0 aliphatic rings. The van der Waals surface area contributed by atoms with Crippen molar-refractivity contribution in [2.45, 2.75) is 64.2 Å². The van der Waals surface area contributed by atoms with Gasteiger partial charge in [-0.25, -0.2) is 8.78 Å². The standard InChI is InChI=1S/C12H22F2/c1-3-5-6-7-8-9-10-11-12(13,14)4-2/h4H,2-3,5-11H2,1H3. The summed E-state index contributed by atoms with van der Waals surface area (Å²) in [5.41, 5.74) is 0. The zero-order valence-corrected chi connectivity index (χ0v) is 9.20. The van der Waals surface area contributed by atoms with Crippen molar-refractivity contribution in [3.05, 3.63) is 12.7 Å². The van der Waals surface area contributed by atoms with E-state index in [1.165, 1.54) is 25.7 Å². The zero-order chi connectivity index (χ0) is 10.9. The van der Waals surface area contributed by atoms with E-state index in [2.05, 4.69) is 13.5 Å². The van der Waals surface area contributed by atoms with Crippen LogP contribution < -0.4 is 0 Å². The summed E-state index contributed by atoms with van der Waals surface area (Å²) in [6.07, 6.45) is 8.28. The normalized spacial score (nSPS) is 11.6. The van der Waals surface area contributed by atoms with Gasteiger partial charge in [0, 0.05) is 6.42 Å². The molecule has 0 aromatic heterocycles. The molecule has 0 aliphatic heterocycles. The summed E-state index contributed by atoms with van der Waals surface area (Å²) in [5.74, 6) is -2.65. The zero-order valence-electron chi connectivity index (χ0n) is 9.20. The smallest absolute Gasteiger partial charge is 0.202 e. The lowest BCUT2D eigenvalue weighted by atomic mass is 10.1. The second-order valence-corrected chi connectivity index (χ2v) is 3.84. The molecule has 2 heteroatoms.